The predicted molar refractivity (Wildman–Crippen MR) is 86.1 cm³/mol. The molecule has 0 aromatic heterocycles. The van der Waals surface area contributed by atoms with Crippen molar-refractivity contribution in [3.8, 4) is 11.5 Å². The topological polar surface area (TPSA) is 50.7 Å². The maximum absolute atomic E-state index is 9.66. The van der Waals surface area contributed by atoms with Crippen LogP contribution in [0.5, 0.6) is 11.5 Å². The van der Waals surface area contributed by atoms with Crippen LogP contribution in [0.4, 0.5) is 0 Å². The number of rotatable bonds is 9. The molecule has 0 aliphatic carbocycles. The Morgan fingerprint density at radius 2 is 1.86 bits per heavy atom. The van der Waals surface area contributed by atoms with Crippen molar-refractivity contribution in [3.05, 3.63) is 23.8 Å². The van der Waals surface area contributed by atoms with E-state index in [1.54, 1.807) is 14.2 Å². The highest BCUT2D eigenvalue weighted by Gasteiger charge is 2.26. The summed E-state index contributed by atoms with van der Waals surface area (Å²) in [4.78, 5) is 0. The third-order valence-corrected chi connectivity index (χ3v) is 4.52. The molecule has 21 heavy (non-hydrogen) atoms. The van der Waals surface area contributed by atoms with Gasteiger partial charge in [-0.2, -0.15) is 0 Å². The minimum absolute atomic E-state index is 0.0552. The van der Waals surface area contributed by atoms with Crippen molar-refractivity contribution < 1.29 is 14.6 Å². The second-order valence-corrected chi connectivity index (χ2v) is 5.58. The standard InChI is InChI=1S/C17H29NO3/c1-6-17(7-2,12-19)11-18-13(3)15-10-14(20-4)8-9-16(15)21-5/h8-10,13,18-19H,6-7,11-12H2,1-5H3. The second kappa shape index (κ2) is 8.25. The van der Waals surface area contributed by atoms with Crippen molar-refractivity contribution in [3.63, 3.8) is 0 Å². The van der Waals surface area contributed by atoms with E-state index < -0.39 is 0 Å². The number of ether oxygens (including phenoxy) is 2. The maximum atomic E-state index is 9.66. The minimum atomic E-state index is -0.0552. The number of aliphatic hydroxyl groups is 1. The summed E-state index contributed by atoms with van der Waals surface area (Å²) in [5.41, 5.74) is 1.01. The van der Waals surface area contributed by atoms with E-state index in [2.05, 4.69) is 26.1 Å². The molecule has 1 aromatic carbocycles. The van der Waals surface area contributed by atoms with Crippen molar-refractivity contribution in [2.75, 3.05) is 27.4 Å². The molecule has 120 valence electrons. The summed E-state index contributed by atoms with van der Waals surface area (Å²) < 4.78 is 10.7. The fourth-order valence-corrected chi connectivity index (χ4v) is 2.44. The van der Waals surface area contributed by atoms with E-state index in [9.17, 15) is 5.11 Å². The number of aliphatic hydroxyl groups excluding tert-OH is 1. The zero-order chi connectivity index (χ0) is 15.9. The molecule has 1 atom stereocenters. The molecule has 0 heterocycles. The number of hydrogen-bond acceptors (Lipinski definition) is 4. The number of nitrogens with one attached hydrogen (secondary N) is 1. The van der Waals surface area contributed by atoms with Crippen LogP contribution in [0.25, 0.3) is 0 Å². The molecule has 0 aliphatic heterocycles. The lowest BCUT2D eigenvalue weighted by atomic mass is 9.83. The third kappa shape index (κ3) is 4.35. The normalized spacial score (nSPS) is 13.0. The third-order valence-electron chi connectivity index (χ3n) is 4.52. The van der Waals surface area contributed by atoms with Gasteiger partial charge in [-0.25, -0.2) is 0 Å². The summed E-state index contributed by atoms with van der Waals surface area (Å²) in [5, 5.41) is 13.2. The summed E-state index contributed by atoms with van der Waals surface area (Å²) in [7, 11) is 3.34. The maximum Gasteiger partial charge on any atom is 0.123 e. The van der Waals surface area contributed by atoms with Gasteiger partial charge in [0.1, 0.15) is 11.5 Å². The Bertz CT molecular complexity index is 422. The van der Waals surface area contributed by atoms with Gasteiger partial charge in [-0.15, -0.1) is 0 Å². The fraction of sp³-hybridized carbons (Fsp3) is 0.647. The van der Waals surface area contributed by atoms with Crippen LogP contribution >= 0.6 is 0 Å². The molecule has 0 spiro atoms. The van der Waals surface area contributed by atoms with Gasteiger partial charge in [0.25, 0.3) is 0 Å². The van der Waals surface area contributed by atoms with Gasteiger partial charge in [0, 0.05) is 30.2 Å². The summed E-state index contributed by atoms with van der Waals surface area (Å²) in [6.45, 7) is 7.33. The highest BCUT2D eigenvalue weighted by molar-refractivity contribution is 5.42. The average molecular weight is 295 g/mol. The van der Waals surface area contributed by atoms with Gasteiger partial charge in [0.2, 0.25) is 0 Å². The van der Waals surface area contributed by atoms with Crippen LogP contribution in [0.2, 0.25) is 0 Å². The van der Waals surface area contributed by atoms with E-state index >= 15 is 0 Å². The first-order valence-corrected chi connectivity index (χ1v) is 7.62. The van der Waals surface area contributed by atoms with Crippen LogP contribution < -0.4 is 14.8 Å². The van der Waals surface area contributed by atoms with Crippen LogP contribution in [0.15, 0.2) is 18.2 Å². The van der Waals surface area contributed by atoms with Crippen molar-refractivity contribution in [2.45, 2.75) is 39.7 Å². The quantitative estimate of drug-likeness (QED) is 0.735. The fourth-order valence-electron chi connectivity index (χ4n) is 2.44. The van der Waals surface area contributed by atoms with Crippen LogP contribution in [0.3, 0.4) is 0 Å². The lowest BCUT2D eigenvalue weighted by Crippen LogP contribution is -2.37. The molecular weight excluding hydrogens is 266 g/mol. The van der Waals surface area contributed by atoms with Crippen LogP contribution in [0, 0.1) is 5.41 Å². The largest absolute Gasteiger partial charge is 0.497 e. The molecule has 0 saturated carbocycles. The highest BCUT2D eigenvalue weighted by Crippen LogP contribution is 2.31. The predicted octanol–water partition coefficient (Wildman–Crippen LogP) is 3.15. The molecule has 0 fully saturated rings. The average Bonchev–Trinajstić information content (AvgIpc) is 2.55. The minimum Gasteiger partial charge on any atom is -0.497 e. The van der Waals surface area contributed by atoms with Crippen LogP contribution in [-0.4, -0.2) is 32.5 Å². The molecular formula is C17H29NO3. The number of methoxy groups -OCH3 is 2. The molecule has 0 radical (unpaired) electrons. The highest BCUT2D eigenvalue weighted by atomic mass is 16.5. The lowest BCUT2D eigenvalue weighted by Gasteiger charge is -2.31. The van der Waals surface area contributed by atoms with E-state index in [1.165, 1.54) is 0 Å². The molecule has 2 N–H and O–H groups in total. The van der Waals surface area contributed by atoms with Crippen molar-refractivity contribution in [1.29, 1.82) is 0 Å². The SMILES string of the molecule is CCC(CC)(CO)CNC(C)c1cc(OC)ccc1OC. The number of benzene rings is 1. The van der Waals surface area contributed by atoms with Crippen LogP contribution in [0.1, 0.15) is 45.2 Å². The Hall–Kier alpha value is -1.26. The van der Waals surface area contributed by atoms with Crippen molar-refractivity contribution in [1.82, 2.24) is 5.32 Å². The van der Waals surface area contributed by atoms with Gasteiger partial charge < -0.3 is 19.9 Å². The van der Waals surface area contributed by atoms with Crippen LogP contribution in [-0.2, 0) is 0 Å². The molecule has 0 bridgehead atoms. The Balaban J connectivity index is 2.85. The summed E-state index contributed by atoms with van der Waals surface area (Å²) >= 11 is 0. The molecule has 4 nitrogen and oxygen atoms in total. The Morgan fingerprint density at radius 3 is 2.33 bits per heavy atom. The molecule has 0 amide bonds. The molecule has 1 rings (SSSR count). The molecule has 4 heteroatoms. The van der Waals surface area contributed by atoms with Gasteiger partial charge in [-0.05, 0) is 38.0 Å². The lowest BCUT2D eigenvalue weighted by molar-refractivity contribution is 0.110. The van der Waals surface area contributed by atoms with Gasteiger partial charge >= 0.3 is 0 Å². The zero-order valence-electron chi connectivity index (χ0n) is 13.9. The number of hydrogen-bond donors (Lipinski definition) is 2. The van der Waals surface area contributed by atoms with Gasteiger partial charge in [0.05, 0.1) is 14.2 Å². The zero-order valence-corrected chi connectivity index (χ0v) is 13.9. The Kier molecular flexibility index (Phi) is 6.99. The summed E-state index contributed by atoms with van der Waals surface area (Å²) in [6, 6.07) is 5.94. The Morgan fingerprint density at radius 1 is 1.19 bits per heavy atom. The smallest absolute Gasteiger partial charge is 0.123 e. The van der Waals surface area contributed by atoms with Gasteiger partial charge in [-0.3, -0.25) is 0 Å². The molecule has 0 saturated heterocycles. The van der Waals surface area contributed by atoms with Crippen molar-refractivity contribution in [2.24, 2.45) is 5.41 Å². The van der Waals surface area contributed by atoms with E-state index in [4.69, 9.17) is 9.47 Å². The van der Waals surface area contributed by atoms with E-state index in [1.807, 2.05) is 18.2 Å². The van der Waals surface area contributed by atoms with E-state index in [-0.39, 0.29) is 18.1 Å². The van der Waals surface area contributed by atoms with E-state index in [0.29, 0.717) is 0 Å². The Labute approximate surface area is 128 Å². The monoisotopic (exact) mass is 295 g/mol. The summed E-state index contributed by atoms with van der Waals surface area (Å²) in [5.74, 6) is 1.66. The molecule has 0 aliphatic rings. The van der Waals surface area contributed by atoms with Gasteiger partial charge in [0.15, 0.2) is 0 Å². The first-order valence-electron chi connectivity index (χ1n) is 7.62. The first-order chi connectivity index (χ1) is 10.1. The first kappa shape index (κ1) is 17.8. The van der Waals surface area contributed by atoms with Crippen molar-refractivity contribution >= 4 is 0 Å². The molecule has 1 aromatic rings. The molecule has 1 unspecified atom stereocenters. The summed E-state index contributed by atoms with van der Waals surface area (Å²) in [6.07, 6.45) is 1.91. The van der Waals surface area contributed by atoms with E-state index in [0.717, 1.165) is 36.4 Å². The second-order valence-electron chi connectivity index (χ2n) is 5.58. The van der Waals surface area contributed by atoms with Gasteiger partial charge in [-0.1, -0.05) is 13.8 Å².